The summed E-state index contributed by atoms with van der Waals surface area (Å²) in [6.07, 6.45) is 2.88. The first-order valence-electron chi connectivity index (χ1n) is 9.55. The molecule has 2 N–H and O–H groups in total. The lowest BCUT2D eigenvalue weighted by atomic mass is 10.0. The Bertz CT molecular complexity index is 964. The predicted octanol–water partition coefficient (Wildman–Crippen LogP) is 2.70. The minimum Gasteiger partial charge on any atom is -0.475 e. The van der Waals surface area contributed by atoms with Crippen LogP contribution in [0, 0.1) is 28.8 Å². The second-order valence-corrected chi connectivity index (χ2v) is 7.19. The molecule has 2 heterocycles. The maximum Gasteiger partial charge on any atom is 0.231 e. The topological polar surface area (TPSA) is 92.2 Å². The zero-order chi connectivity index (χ0) is 21.7. The monoisotopic (exact) mass is 418 g/mol. The number of carbonyl (C=O) groups is 1. The van der Waals surface area contributed by atoms with Gasteiger partial charge in [0.25, 0.3) is 0 Å². The van der Waals surface area contributed by atoms with Gasteiger partial charge in [-0.05, 0) is 43.0 Å². The number of benzene rings is 1. The number of ether oxygens (including phenoxy) is 1. The van der Waals surface area contributed by atoms with Crippen LogP contribution >= 0.6 is 0 Å². The van der Waals surface area contributed by atoms with Crippen LogP contribution in [0.25, 0.3) is 0 Å². The molecule has 0 spiro atoms. The van der Waals surface area contributed by atoms with Crippen molar-refractivity contribution < 1.29 is 22.7 Å². The summed E-state index contributed by atoms with van der Waals surface area (Å²) < 4.78 is 45.9. The van der Waals surface area contributed by atoms with E-state index in [9.17, 15) is 18.0 Å². The summed E-state index contributed by atoms with van der Waals surface area (Å²) in [7, 11) is 0. The Morgan fingerprint density at radius 2 is 2.10 bits per heavy atom. The van der Waals surface area contributed by atoms with Crippen molar-refractivity contribution >= 4 is 5.91 Å². The van der Waals surface area contributed by atoms with Crippen LogP contribution in [0.4, 0.5) is 13.2 Å². The predicted molar refractivity (Wildman–Crippen MR) is 102 cm³/mol. The van der Waals surface area contributed by atoms with E-state index in [1.165, 1.54) is 6.20 Å². The summed E-state index contributed by atoms with van der Waals surface area (Å²) in [5, 5.41) is 9.10. The molecule has 0 radical (unpaired) electrons. The largest absolute Gasteiger partial charge is 0.475 e. The zero-order valence-corrected chi connectivity index (χ0v) is 16.2. The average Bonchev–Trinajstić information content (AvgIpc) is 3.19. The van der Waals surface area contributed by atoms with Crippen molar-refractivity contribution in [2.45, 2.75) is 37.8 Å². The van der Waals surface area contributed by atoms with Gasteiger partial charge in [0, 0.05) is 31.3 Å². The van der Waals surface area contributed by atoms with Crippen LogP contribution in [0.1, 0.15) is 30.4 Å². The highest BCUT2D eigenvalue weighted by Gasteiger charge is 2.30. The smallest absolute Gasteiger partial charge is 0.231 e. The van der Waals surface area contributed by atoms with Crippen LogP contribution in [-0.2, 0) is 11.2 Å². The van der Waals surface area contributed by atoms with E-state index in [1.54, 1.807) is 17.0 Å². The van der Waals surface area contributed by atoms with Gasteiger partial charge in [-0.2, -0.15) is 5.26 Å². The highest BCUT2D eigenvalue weighted by Crippen LogP contribution is 2.22. The number of pyridine rings is 1. The summed E-state index contributed by atoms with van der Waals surface area (Å²) in [5.74, 6) is -3.34. The van der Waals surface area contributed by atoms with Crippen LogP contribution in [0.2, 0.25) is 0 Å². The molecule has 2 atom stereocenters. The van der Waals surface area contributed by atoms with Gasteiger partial charge in [0.05, 0.1) is 6.04 Å². The van der Waals surface area contributed by atoms with E-state index in [0.29, 0.717) is 18.2 Å². The number of aromatic nitrogens is 1. The Morgan fingerprint density at radius 3 is 2.87 bits per heavy atom. The lowest BCUT2D eigenvalue weighted by Crippen LogP contribution is -2.42. The molecule has 0 saturated carbocycles. The molecular formula is C21H21F3N4O2. The number of rotatable bonds is 7. The Labute approximate surface area is 172 Å². The average molecular weight is 418 g/mol. The number of nitrogens with zero attached hydrogens (tertiary/aromatic N) is 3. The van der Waals surface area contributed by atoms with E-state index < -0.39 is 23.5 Å². The molecule has 30 heavy (non-hydrogen) atoms. The zero-order valence-electron chi connectivity index (χ0n) is 16.2. The second kappa shape index (κ2) is 9.59. The lowest BCUT2D eigenvalue weighted by molar-refractivity contribution is -0.132. The molecule has 1 amide bonds. The van der Waals surface area contributed by atoms with Crippen LogP contribution in [0.5, 0.6) is 5.88 Å². The van der Waals surface area contributed by atoms with Crippen molar-refractivity contribution in [3.63, 3.8) is 0 Å². The SMILES string of the molecule is N#Cc1cccnc1OCC1CCCN1C(=O)C[C@H](N)Cc1cc(F)c(F)cc1F. The van der Waals surface area contributed by atoms with E-state index in [2.05, 4.69) is 4.98 Å². The number of carbonyl (C=O) groups excluding carboxylic acids is 1. The summed E-state index contributed by atoms with van der Waals surface area (Å²) in [6, 6.07) is 5.52. The standard InChI is InChI=1S/C21H21F3N4O2/c22-17-10-19(24)18(23)8-14(17)7-15(26)9-20(29)28-6-2-4-16(28)12-30-21-13(11-25)3-1-5-27-21/h1,3,5,8,10,15-16H,2,4,6-7,9,12,26H2/t15-,16?/m1/s1. The minimum absolute atomic E-state index is 0.0675. The van der Waals surface area contributed by atoms with Crippen molar-refractivity contribution in [2.75, 3.05) is 13.2 Å². The molecule has 0 bridgehead atoms. The number of hydrogen-bond donors (Lipinski definition) is 1. The first-order valence-corrected chi connectivity index (χ1v) is 9.55. The molecular weight excluding hydrogens is 397 g/mol. The summed E-state index contributed by atoms with van der Waals surface area (Å²) in [4.78, 5) is 18.4. The van der Waals surface area contributed by atoms with Gasteiger partial charge in [0.2, 0.25) is 11.8 Å². The molecule has 1 saturated heterocycles. The maximum atomic E-state index is 13.8. The highest BCUT2D eigenvalue weighted by atomic mass is 19.2. The fourth-order valence-electron chi connectivity index (χ4n) is 3.52. The van der Waals surface area contributed by atoms with Gasteiger partial charge >= 0.3 is 0 Å². The van der Waals surface area contributed by atoms with E-state index in [1.807, 2.05) is 6.07 Å². The molecule has 0 aliphatic carbocycles. The Hall–Kier alpha value is -3.12. The molecule has 1 fully saturated rings. The summed E-state index contributed by atoms with van der Waals surface area (Å²) >= 11 is 0. The summed E-state index contributed by atoms with van der Waals surface area (Å²) in [5.41, 5.74) is 6.21. The molecule has 1 aromatic heterocycles. The van der Waals surface area contributed by atoms with Gasteiger partial charge < -0.3 is 15.4 Å². The number of likely N-dealkylation sites (tertiary alicyclic amines) is 1. The first-order chi connectivity index (χ1) is 14.4. The third kappa shape index (κ3) is 5.07. The third-order valence-electron chi connectivity index (χ3n) is 5.01. The molecule has 1 unspecified atom stereocenters. The summed E-state index contributed by atoms with van der Waals surface area (Å²) in [6.45, 7) is 0.719. The van der Waals surface area contributed by atoms with Gasteiger partial charge in [0.15, 0.2) is 11.6 Å². The molecule has 9 heteroatoms. The van der Waals surface area contributed by atoms with Gasteiger partial charge in [0.1, 0.15) is 24.1 Å². The van der Waals surface area contributed by atoms with Crippen LogP contribution < -0.4 is 10.5 Å². The maximum absolute atomic E-state index is 13.8. The van der Waals surface area contributed by atoms with E-state index in [0.717, 1.165) is 18.9 Å². The molecule has 3 rings (SSSR count). The number of amides is 1. The third-order valence-corrected chi connectivity index (χ3v) is 5.01. The minimum atomic E-state index is -1.27. The number of nitrogens with two attached hydrogens (primary N) is 1. The molecule has 1 aliphatic rings. The molecule has 6 nitrogen and oxygen atoms in total. The van der Waals surface area contributed by atoms with Crippen molar-refractivity contribution in [2.24, 2.45) is 5.73 Å². The number of nitriles is 1. The normalized spacial score (nSPS) is 16.9. The van der Waals surface area contributed by atoms with Crippen LogP contribution in [0.3, 0.4) is 0 Å². The van der Waals surface area contributed by atoms with Crippen molar-refractivity contribution in [3.8, 4) is 11.9 Å². The Kier molecular flexibility index (Phi) is 6.90. The van der Waals surface area contributed by atoms with E-state index >= 15 is 0 Å². The Balaban J connectivity index is 1.57. The fraction of sp³-hybridized carbons (Fsp3) is 0.381. The van der Waals surface area contributed by atoms with Gasteiger partial charge in [-0.15, -0.1) is 0 Å². The van der Waals surface area contributed by atoms with Gasteiger partial charge in [-0.3, -0.25) is 4.79 Å². The Morgan fingerprint density at radius 1 is 1.33 bits per heavy atom. The van der Waals surface area contributed by atoms with Crippen LogP contribution in [0.15, 0.2) is 30.5 Å². The quantitative estimate of drug-likeness (QED) is 0.698. The van der Waals surface area contributed by atoms with Crippen molar-refractivity contribution in [1.82, 2.24) is 9.88 Å². The van der Waals surface area contributed by atoms with Crippen LogP contribution in [-0.4, -0.2) is 41.0 Å². The molecule has 1 aliphatic heterocycles. The molecule has 1 aromatic carbocycles. The number of hydrogen-bond acceptors (Lipinski definition) is 5. The second-order valence-electron chi connectivity index (χ2n) is 7.19. The van der Waals surface area contributed by atoms with Crippen molar-refractivity contribution in [3.05, 3.63) is 59.0 Å². The van der Waals surface area contributed by atoms with Crippen molar-refractivity contribution in [1.29, 1.82) is 5.26 Å². The lowest BCUT2D eigenvalue weighted by Gasteiger charge is -2.26. The highest BCUT2D eigenvalue weighted by molar-refractivity contribution is 5.77. The van der Waals surface area contributed by atoms with E-state index in [-0.39, 0.29) is 42.8 Å². The molecule has 2 aromatic rings. The first kappa shape index (κ1) is 21.6. The van der Waals surface area contributed by atoms with Gasteiger partial charge in [-0.1, -0.05) is 0 Å². The number of halogens is 3. The van der Waals surface area contributed by atoms with E-state index in [4.69, 9.17) is 15.7 Å². The molecule has 158 valence electrons. The fourth-order valence-corrected chi connectivity index (χ4v) is 3.52. The van der Waals surface area contributed by atoms with Gasteiger partial charge in [-0.25, -0.2) is 18.2 Å².